The van der Waals surface area contributed by atoms with Crippen LogP contribution in [0.2, 0.25) is 0 Å². The molecule has 3 aromatic carbocycles. The first-order valence-electron chi connectivity index (χ1n) is 13.5. The van der Waals surface area contributed by atoms with Crippen LogP contribution in [0.15, 0.2) is 78.9 Å². The summed E-state index contributed by atoms with van der Waals surface area (Å²) in [7, 11) is 3.60. The number of carbonyl (C=O) groups is 1. The Labute approximate surface area is 225 Å². The minimum Gasteiger partial charge on any atom is -0.497 e. The number of para-hydroxylation sites is 2. The number of nitrogens with one attached hydrogen (secondary N) is 1. The Bertz CT molecular complexity index is 1310. The number of hydrogen-bond acceptors (Lipinski definition) is 5. The van der Waals surface area contributed by atoms with Gasteiger partial charge >= 0.3 is 0 Å². The summed E-state index contributed by atoms with van der Waals surface area (Å²) in [5.74, 6) is 2.07. The summed E-state index contributed by atoms with van der Waals surface area (Å²) < 4.78 is 5.51. The number of aromatic nitrogens is 2. The molecule has 1 amide bonds. The van der Waals surface area contributed by atoms with Gasteiger partial charge in [-0.15, -0.1) is 0 Å². The number of benzene rings is 3. The molecule has 38 heavy (non-hydrogen) atoms. The fraction of sp³-hybridized carbons (Fsp3) is 0.355. The largest absolute Gasteiger partial charge is 0.497 e. The summed E-state index contributed by atoms with van der Waals surface area (Å²) in [5, 5.41) is 0. The number of hydrogen-bond donors (Lipinski definition) is 1. The van der Waals surface area contributed by atoms with Crippen LogP contribution in [0.25, 0.3) is 11.0 Å². The number of carbonyl (C=O) groups excluding carboxylic acids is 1. The van der Waals surface area contributed by atoms with Gasteiger partial charge in [-0.1, -0.05) is 42.5 Å². The fourth-order valence-electron chi connectivity index (χ4n) is 5.31. The lowest BCUT2D eigenvalue weighted by Gasteiger charge is -2.28. The van der Waals surface area contributed by atoms with Crippen LogP contribution < -0.4 is 9.64 Å². The van der Waals surface area contributed by atoms with Crippen LogP contribution in [0.1, 0.15) is 34.7 Å². The van der Waals surface area contributed by atoms with Gasteiger partial charge < -0.3 is 24.4 Å². The molecule has 0 saturated carbocycles. The number of ether oxygens (including phenoxy) is 1. The zero-order chi connectivity index (χ0) is 26.3. The van der Waals surface area contributed by atoms with Crippen LogP contribution >= 0.6 is 0 Å². The van der Waals surface area contributed by atoms with E-state index in [-0.39, 0.29) is 11.8 Å². The molecular weight excluding hydrogens is 474 g/mol. The van der Waals surface area contributed by atoms with Gasteiger partial charge in [-0.05, 0) is 67.9 Å². The second-order valence-corrected chi connectivity index (χ2v) is 10.1. The number of likely N-dealkylation sites (N-methyl/N-ethyl adjacent to an activating group) is 1. The fourth-order valence-corrected chi connectivity index (χ4v) is 5.31. The van der Waals surface area contributed by atoms with Crippen molar-refractivity contribution < 1.29 is 9.53 Å². The summed E-state index contributed by atoms with van der Waals surface area (Å²) in [6.07, 6.45) is 2.05. The maximum Gasteiger partial charge on any atom is 0.253 e. The molecule has 7 nitrogen and oxygen atoms in total. The molecule has 5 rings (SSSR count). The summed E-state index contributed by atoms with van der Waals surface area (Å²) in [5.41, 5.74) is 4.02. The van der Waals surface area contributed by atoms with Gasteiger partial charge in [0.1, 0.15) is 5.75 Å². The van der Waals surface area contributed by atoms with Gasteiger partial charge in [-0.3, -0.25) is 4.79 Å². The van der Waals surface area contributed by atoms with Crippen molar-refractivity contribution in [3.05, 3.63) is 90.0 Å². The molecule has 7 heteroatoms. The maximum absolute atomic E-state index is 13.1. The molecule has 1 fully saturated rings. The zero-order valence-corrected chi connectivity index (χ0v) is 22.3. The van der Waals surface area contributed by atoms with E-state index in [0.29, 0.717) is 6.54 Å². The van der Waals surface area contributed by atoms with Crippen molar-refractivity contribution in [2.45, 2.75) is 18.8 Å². The smallest absolute Gasteiger partial charge is 0.253 e. The van der Waals surface area contributed by atoms with E-state index in [1.165, 1.54) is 5.56 Å². The molecule has 1 aliphatic heterocycles. The number of amides is 1. The van der Waals surface area contributed by atoms with Crippen LogP contribution in [-0.2, 0) is 0 Å². The highest BCUT2D eigenvalue weighted by Crippen LogP contribution is 2.26. The third-order valence-electron chi connectivity index (χ3n) is 7.49. The number of fused-ring (bicyclic) bond motifs is 1. The van der Waals surface area contributed by atoms with Gasteiger partial charge in [-0.2, -0.15) is 0 Å². The number of anilines is 1. The van der Waals surface area contributed by atoms with Gasteiger partial charge in [0.05, 0.1) is 18.1 Å². The molecular formula is C31H37N5O2. The van der Waals surface area contributed by atoms with E-state index in [0.717, 1.165) is 73.9 Å². The quantitative estimate of drug-likeness (QED) is 0.342. The Hall–Kier alpha value is -3.84. The second kappa shape index (κ2) is 12.1. The van der Waals surface area contributed by atoms with Crippen molar-refractivity contribution in [1.29, 1.82) is 0 Å². The molecule has 0 spiro atoms. The highest BCUT2D eigenvalue weighted by molar-refractivity contribution is 5.94. The number of H-pyrrole nitrogens is 1. The summed E-state index contributed by atoms with van der Waals surface area (Å²) in [4.78, 5) is 28.2. The maximum atomic E-state index is 13.1. The van der Waals surface area contributed by atoms with E-state index >= 15 is 0 Å². The molecule has 1 aliphatic rings. The summed E-state index contributed by atoms with van der Waals surface area (Å²) in [6.45, 7) is 5.60. The molecule has 1 aromatic heterocycles. The number of methoxy groups -OCH3 is 1. The van der Waals surface area contributed by atoms with Crippen LogP contribution in [0.3, 0.4) is 0 Å². The summed E-state index contributed by atoms with van der Waals surface area (Å²) in [6, 6.07) is 26.0. The van der Waals surface area contributed by atoms with Gasteiger partial charge in [0, 0.05) is 44.7 Å². The molecule has 1 N–H and O–H groups in total. The monoisotopic (exact) mass is 511 g/mol. The number of rotatable bonds is 9. The Morgan fingerprint density at radius 3 is 2.63 bits per heavy atom. The minimum absolute atomic E-state index is 0.0507. The molecule has 1 saturated heterocycles. The SMILES string of the molecule is COc1cccc(C(CCN2CCCN(c3nc4ccccc4[nH]3)CC2)CN(C)C(=O)c2ccccc2)c1. The third-order valence-corrected chi connectivity index (χ3v) is 7.49. The topological polar surface area (TPSA) is 64.7 Å². The lowest BCUT2D eigenvalue weighted by Crippen LogP contribution is -2.35. The highest BCUT2D eigenvalue weighted by Gasteiger charge is 2.22. The molecule has 2 heterocycles. The van der Waals surface area contributed by atoms with E-state index in [1.54, 1.807) is 7.11 Å². The van der Waals surface area contributed by atoms with Crippen molar-refractivity contribution >= 4 is 22.9 Å². The molecule has 1 atom stereocenters. The number of imidazole rings is 1. The van der Waals surface area contributed by atoms with Gasteiger partial charge in [0.15, 0.2) is 0 Å². The third kappa shape index (κ3) is 6.17. The lowest BCUT2D eigenvalue weighted by molar-refractivity contribution is 0.0782. The average molecular weight is 512 g/mol. The van der Waals surface area contributed by atoms with Crippen LogP contribution in [0, 0.1) is 0 Å². The molecule has 0 bridgehead atoms. The highest BCUT2D eigenvalue weighted by atomic mass is 16.5. The summed E-state index contributed by atoms with van der Waals surface area (Å²) >= 11 is 0. The van der Waals surface area contributed by atoms with E-state index in [9.17, 15) is 4.79 Å². The molecule has 0 aliphatic carbocycles. The first kappa shape index (κ1) is 25.8. The number of nitrogens with zero attached hydrogens (tertiary/aromatic N) is 4. The van der Waals surface area contributed by atoms with Gasteiger partial charge in [0.25, 0.3) is 5.91 Å². The van der Waals surface area contributed by atoms with Crippen LogP contribution in [0.5, 0.6) is 5.75 Å². The standard InChI is InChI=1S/C31H37N5O2/c1-34(30(37)24-10-4-3-5-11-24)23-26(25-12-8-13-27(22-25)38-2)16-19-35-17-9-18-36(21-20-35)31-32-28-14-6-7-15-29(28)33-31/h3-8,10-15,22,26H,9,16-21,23H2,1-2H3,(H,32,33). The minimum atomic E-state index is 0.0507. The zero-order valence-electron chi connectivity index (χ0n) is 22.3. The van der Waals surface area contributed by atoms with E-state index in [2.05, 4.69) is 39.0 Å². The Morgan fingerprint density at radius 1 is 1.00 bits per heavy atom. The van der Waals surface area contributed by atoms with E-state index < -0.39 is 0 Å². The normalized spacial score (nSPS) is 15.3. The van der Waals surface area contributed by atoms with Crippen LogP contribution in [-0.4, -0.2) is 79.1 Å². The average Bonchev–Trinajstić information content (AvgIpc) is 3.26. The van der Waals surface area contributed by atoms with Gasteiger partial charge in [-0.25, -0.2) is 4.98 Å². The Kier molecular flexibility index (Phi) is 8.24. The van der Waals surface area contributed by atoms with Crippen molar-refractivity contribution in [3.8, 4) is 5.75 Å². The lowest BCUT2D eigenvalue weighted by atomic mass is 9.94. The molecule has 1 unspecified atom stereocenters. The predicted octanol–water partition coefficient (Wildman–Crippen LogP) is 5.03. The number of aromatic amines is 1. The van der Waals surface area contributed by atoms with Crippen molar-refractivity contribution in [2.24, 2.45) is 0 Å². The Balaban J connectivity index is 1.24. The van der Waals surface area contributed by atoms with Crippen LogP contribution in [0.4, 0.5) is 5.95 Å². The van der Waals surface area contributed by atoms with Crippen molar-refractivity contribution in [3.63, 3.8) is 0 Å². The molecule has 0 radical (unpaired) electrons. The van der Waals surface area contributed by atoms with E-state index in [4.69, 9.17) is 9.72 Å². The van der Waals surface area contributed by atoms with E-state index in [1.807, 2.05) is 66.5 Å². The van der Waals surface area contributed by atoms with Crippen molar-refractivity contribution in [1.82, 2.24) is 19.8 Å². The predicted molar refractivity (Wildman–Crippen MR) is 153 cm³/mol. The molecule has 198 valence electrons. The second-order valence-electron chi connectivity index (χ2n) is 10.1. The van der Waals surface area contributed by atoms with Crippen molar-refractivity contribution in [2.75, 3.05) is 58.3 Å². The first-order valence-corrected chi connectivity index (χ1v) is 13.5. The molecule has 4 aromatic rings. The first-order chi connectivity index (χ1) is 18.6. The van der Waals surface area contributed by atoms with Gasteiger partial charge in [0.2, 0.25) is 5.95 Å². The Morgan fingerprint density at radius 2 is 1.82 bits per heavy atom.